The molecule has 1 heterocycles. The number of carbonyl (C=O) groups excluding carboxylic acids is 1. The van der Waals surface area contributed by atoms with Gasteiger partial charge in [-0.15, -0.1) is 5.10 Å². The molecule has 0 unspecified atom stereocenters. The molecule has 0 spiro atoms. The van der Waals surface area contributed by atoms with Crippen molar-refractivity contribution in [1.29, 1.82) is 0 Å². The highest BCUT2D eigenvalue weighted by Gasteiger charge is 2.28. The van der Waals surface area contributed by atoms with E-state index in [0.29, 0.717) is 11.1 Å². The molecule has 0 atom stereocenters. The number of amides is 1. The third kappa shape index (κ3) is 2.41. The number of hydrogen-bond donors (Lipinski definition) is 0. The molecular weight excluding hydrogens is 276 g/mol. The molecule has 1 saturated carbocycles. The van der Waals surface area contributed by atoms with Crippen molar-refractivity contribution in [2.75, 3.05) is 7.05 Å². The zero-order valence-electron chi connectivity index (χ0n) is 11.2. The van der Waals surface area contributed by atoms with Crippen LogP contribution in [0.25, 0.3) is 5.69 Å². The first-order valence-corrected chi connectivity index (χ1v) is 6.98. The Bertz CT molecular complexity index is 618. The van der Waals surface area contributed by atoms with Crippen molar-refractivity contribution in [1.82, 2.24) is 19.7 Å². The quantitative estimate of drug-likeness (QED) is 0.873. The van der Waals surface area contributed by atoms with Crippen molar-refractivity contribution in [2.45, 2.75) is 25.3 Å². The van der Waals surface area contributed by atoms with Crippen LogP contribution in [0.2, 0.25) is 5.02 Å². The maximum absolute atomic E-state index is 12.2. The highest BCUT2D eigenvalue weighted by Crippen LogP contribution is 2.24. The second-order valence-corrected chi connectivity index (χ2v) is 5.43. The van der Waals surface area contributed by atoms with Gasteiger partial charge in [-0.2, -0.15) is 0 Å². The zero-order valence-corrected chi connectivity index (χ0v) is 11.9. The fourth-order valence-electron chi connectivity index (χ4n) is 2.18. The van der Waals surface area contributed by atoms with Gasteiger partial charge < -0.3 is 4.90 Å². The average molecular weight is 291 g/mol. The van der Waals surface area contributed by atoms with E-state index in [1.165, 1.54) is 6.42 Å². The molecule has 2 aromatic rings. The van der Waals surface area contributed by atoms with Crippen LogP contribution in [0.3, 0.4) is 0 Å². The maximum Gasteiger partial charge on any atom is 0.293 e. The van der Waals surface area contributed by atoms with Gasteiger partial charge in [0.25, 0.3) is 5.91 Å². The van der Waals surface area contributed by atoms with Crippen LogP contribution in [-0.4, -0.2) is 38.7 Å². The van der Waals surface area contributed by atoms with Gasteiger partial charge >= 0.3 is 0 Å². The smallest absolute Gasteiger partial charge is 0.293 e. The highest BCUT2D eigenvalue weighted by molar-refractivity contribution is 6.30. The van der Waals surface area contributed by atoms with Crippen LogP contribution < -0.4 is 0 Å². The summed E-state index contributed by atoms with van der Waals surface area (Å²) in [7, 11) is 1.81. The lowest BCUT2D eigenvalue weighted by atomic mass is 9.92. The Morgan fingerprint density at radius 3 is 2.65 bits per heavy atom. The number of halogens is 1. The number of nitrogens with zero attached hydrogens (tertiary/aromatic N) is 4. The van der Waals surface area contributed by atoms with Crippen LogP contribution >= 0.6 is 11.6 Å². The van der Waals surface area contributed by atoms with E-state index in [0.717, 1.165) is 18.5 Å². The van der Waals surface area contributed by atoms with Gasteiger partial charge in [-0.25, -0.2) is 9.67 Å². The van der Waals surface area contributed by atoms with Crippen LogP contribution in [0.5, 0.6) is 0 Å². The van der Waals surface area contributed by atoms with Crippen LogP contribution in [0.15, 0.2) is 30.6 Å². The summed E-state index contributed by atoms with van der Waals surface area (Å²) in [5.41, 5.74) is 0.826. The molecule has 0 N–H and O–H groups in total. The lowest BCUT2D eigenvalue weighted by Gasteiger charge is -2.33. The molecule has 3 rings (SSSR count). The minimum atomic E-state index is -0.123. The predicted molar refractivity (Wildman–Crippen MR) is 76.1 cm³/mol. The third-order valence-corrected chi connectivity index (χ3v) is 3.97. The Hall–Kier alpha value is -1.88. The second-order valence-electron chi connectivity index (χ2n) is 4.99. The van der Waals surface area contributed by atoms with Crippen LogP contribution in [0, 0.1) is 0 Å². The maximum atomic E-state index is 12.2. The zero-order chi connectivity index (χ0) is 14.1. The SMILES string of the molecule is CN(C(=O)c1ncn(-c2ccc(Cl)cc2)n1)C1CCC1. The number of aromatic nitrogens is 3. The van der Waals surface area contributed by atoms with Gasteiger partial charge in [-0.3, -0.25) is 4.79 Å². The normalized spacial score (nSPS) is 14.9. The summed E-state index contributed by atoms with van der Waals surface area (Å²) in [5.74, 6) is 0.108. The summed E-state index contributed by atoms with van der Waals surface area (Å²) < 4.78 is 1.58. The highest BCUT2D eigenvalue weighted by atomic mass is 35.5. The Morgan fingerprint density at radius 2 is 2.05 bits per heavy atom. The molecule has 1 aliphatic carbocycles. The van der Waals surface area contributed by atoms with E-state index in [-0.39, 0.29) is 11.7 Å². The Morgan fingerprint density at radius 1 is 1.35 bits per heavy atom. The first-order valence-electron chi connectivity index (χ1n) is 6.60. The van der Waals surface area contributed by atoms with Gasteiger partial charge in [0.2, 0.25) is 5.82 Å². The Labute approximate surface area is 122 Å². The van der Waals surface area contributed by atoms with E-state index >= 15 is 0 Å². The molecular formula is C14H15ClN4O. The van der Waals surface area contributed by atoms with Gasteiger partial charge in [-0.05, 0) is 43.5 Å². The summed E-state index contributed by atoms with van der Waals surface area (Å²) in [6.07, 6.45) is 4.88. The van der Waals surface area contributed by atoms with Crippen molar-refractivity contribution < 1.29 is 4.79 Å². The summed E-state index contributed by atoms with van der Waals surface area (Å²) >= 11 is 5.85. The topological polar surface area (TPSA) is 51.0 Å². The summed E-state index contributed by atoms with van der Waals surface area (Å²) in [4.78, 5) is 18.1. The van der Waals surface area contributed by atoms with Gasteiger partial charge in [0.05, 0.1) is 5.69 Å². The molecule has 0 bridgehead atoms. The standard InChI is InChI=1S/C14H15ClN4O/c1-18(11-3-2-4-11)14(20)13-16-9-19(17-13)12-7-5-10(15)6-8-12/h5-9,11H,2-4H2,1H3. The summed E-state index contributed by atoms with van der Waals surface area (Å²) in [5, 5.41) is 4.91. The molecule has 0 saturated heterocycles. The first kappa shape index (κ1) is 13.1. The number of carbonyl (C=O) groups is 1. The van der Waals surface area contributed by atoms with Crippen LogP contribution in [-0.2, 0) is 0 Å². The van der Waals surface area contributed by atoms with E-state index < -0.39 is 0 Å². The van der Waals surface area contributed by atoms with Crippen LogP contribution in [0.4, 0.5) is 0 Å². The van der Waals surface area contributed by atoms with Gasteiger partial charge in [0.1, 0.15) is 6.33 Å². The van der Waals surface area contributed by atoms with Crippen molar-refractivity contribution in [2.24, 2.45) is 0 Å². The number of benzene rings is 1. The van der Waals surface area contributed by atoms with E-state index in [2.05, 4.69) is 10.1 Å². The molecule has 1 aliphatic rings. The molecule has 0 aliphatic heterocycles. The second kappa shape index (κ2) is 5.25. The minimum Gasteiger partial charge on any atom is -0.336 e. The van der Waals surface area contributed by atoms with E-state index in [1.807, 2.05) is 19.2 Å². The molecule has 1 aromatic carbocycles. The average Bonchev–Trinajstić information content (AvgIpc) is 2.86. The first-order chi connectivity index (χ1) is 9.65. The lowest BCUT2D eigenvalue weighted by Crippen LogP contribution is -2.41. The molecule has 1 aromatic heterocycles. The predicted octanol–water partition coefficient (Wildman–Crippen LogP) is 2.55. The van der Waals surface area contributed by atoms with Gasteiger partial charge in [0, 0.05) is 18.1 Å². The molecule has 104 valence electrons. The number of hydrogen-bond acceptors (Lipinski definition) is 3. The van der Waals surface area contributed by atoms with Crippen molar-refractivity contribution in [3.05, 3.63) is 41.4 Å². The van der Waals surface area contributed by atoms with E-state index in [1.54, 1.807) is 28.0 Å². The monoisotopic (exact) mass is 290 g/mol. The van der Waals surface area contributed by atoms with Crippen LogP contribution in [0.1, 0.15) is 29.9 Å². The summed E-state index contributed by atoms with van der Waals surface area (Å²) in [6.45, 7) is 0. The van der Waals surface area contributed by atoms with Gasteiger partial charge in [-0.1, -0.05) is 11.6 Å². The molecule has 1 amide bonds. The Balaban J connectivity index is 1.79. The molecule has 0 radical (unpaired) electrons. The van der Waals surface area contributed by atoms with Gasteiger partial charge in [0.15, 0.2) is 0 Å². The van der Waals surface area contributed by atoms with Crippen molar-refractivity contribution >= 4 is 17.5 Å². The molecule has 1 fully saturated rings. The largest absolute Gasteiger partial charge is 0.336 e. The van der Waals surface area contributed by atoms with E-state index in [9.17, 15) is 4.79 Å². The van der Waals surface area contributed by atoms with E-state index in [4.69, 9.17) is 11.6 Å². The Kier molecular flexibility index (Phi) is 3.44. The molecule has 5 nitrogen and oxygen atoms in total. The van der Waals surface area contributed by atoms with Crippen molar-refractivity contribution in [3.8, 4) is 5.69 Å². The fraction of sp³-hybridized carbons (Fsp3) is 0.357. The lowest BCUT2D eigenvalue weighted by molar-refractivity contribution is 0.0639. The third-order valence-electron chi connectivity index (χ3n) is 3.72. The molecule has 6 heteroatoms. The summed E-state index contributed by atoms with van der Waals surface area (Å²) in [6, 6.07) is 7.56. The number of rotatable bonds is 3. The molecule has 20 heavy (non-hydrogen) atoms. The van der Waals surface area contributed by atoms with Crippen molar-refractivity contribution in [3.63, 3.8) is 0 Å². The minimum absolute atomic E-state index is 0.123. The fourth-order valence-corrected chi connectivity index (χ4v) is 2.30.